The SMILES string of the molecule is C=CNC(=C)CCC(C)N(C)C(C)=Nc1cc(N)ccc1C=C. The summed E-state index contributed by atoms with van der Waals surface area (Å²) in [6.07, 6.45) is 5.31. The molecule has 23 heavy (non-hydrogen) atoms. The van der Waals surface area contributed by atoms with Crippen molar-refractivity contribution in [3.05, 3.63) is 55.4 Å². The second kappa shape index (κ2) is 8.83. The number of nitrogens with two attached hydrogens (primary N) is 1. The first-order chi connectivity index (χ1) is 10.9. The molecule has 0 bridgehead atoms. The molecule has 4 nitrogen and oxygen atoms in total. The maximum Gasteiger partial charge on any atom is 0.102 e. The van der Waals surface area contributed by atoms with Gasteiger partial charge in [-0.3, -0.25) is 0 Å². The molecule has 3 N–H and O–H groups in total. The van der Waals surface area contributed by atoms with E-state index in [1.165, 1.54) is 0 Å². The molecule has 0 spiro atoms. The zero-order chi connectivity index (χ0) is 17.4. The first kappa shape index (κ1) is 18.6. The van der Waals surface area contributed by atoms with Crippen LogP contribution in [0.4, 0.5) is 11.4 Å². The van der Waals surface area contributed by atoms with Crippen molar-refractivity contribution in [2.45, 2.75) is 32.7 Å². The van der Waals surface area contributed by atoms with Crippen molar-refractivity contribution in [2.75, 3.05) is 12.8 Å². The number of amidine groups is 1. The monoisotopic (exact) mass is 312 g/mol. The summed E-state index contributed by atoms with van der Waals surface area (Å²) in [5, 5.41) is 3.03. The maximum absolute atomic E-state index is 5.86. The molecule has 0 saturated heterocycles. The molecule has 0 saturated carbocycles. The van der Waals surface area contributed by atoms with Gasteiger partial charge in [-0.25, -0.2) is 4.99 Å². The molecule has 1 rings (SSSR count). The van der Waals surface area contributed by atoms with E-state index in [0.717, 1.165) is 35.6 Å². The van der Waals surface area contributed by atoms with Crippen molar-refractivity contribution in [1.82, 2.24) is 10.2 Å². The number of rotatable bonds is 8. The van der Waals surface area contributed by atoms with Crippen LogP contribution in [0.25, 0.3) is 6.08 Å². The molecular weight excluding hydrogens is 284 g/mol. The Balaban J connectivity index is 2.80. The van der Waals surface area contributed by atoms with Crippen LogP contribution in [0.15, 0.2) is 54.8 Å². The lowest BCUT2D eigenvalue weighted by Gasteiger charge is -2.27. The van der Waals surface area contributed by atoms with Gasteiger partial charge in [-0.2, -0.15) is 0 Å². The van der Waals surface area contributed by atoms with Crippen molar-refractivity contribution < 1.29 is 0 Å². The summed E-state index contributed by atoms with van der Waals surface area (Å²) in [5.74, 6) is 0.938. The van der Waals surface area contributed by atoms with Crippen molar-refractivity contribution >= 4 is 23.3 Å². The quantitative estimate of drug-likeness (QED) is 0.427. The summed E-state index contributed by atoms with van der Waals surface area (Å²) in [7, 11) is 2.05. The number of aliphatic imine (C=N–C) groups is 1. The minimum atomic E-state index is 0.343. The minimum Gasteiger partial charge on any atom is -0.399 e. The highest BCUT2D eigenvalue weighted by Crippen LogP contribution is 2.24. The van der Waals surface area contributed by atoms with Gasteiger partial charge in [0.2, 0.25) is 0 Å². The van der Waals surface area contributed by atoms with E-state index in [0.29, 0.717) is 11.7 Å². The third kappa shape index (κ3) is 5.66. The molecule has 0 aliphatic heterocycles. The largest absolute Gasteiger partial charge is 0.399 e. The third-order valence-corrected chi connectivity index (χ3v) is 3.90. The molecule has 0 aromatic heterocycles. The zero-order valence-corrected chi connectivity index (χ0v) is 14.5. The first-order valence-corrected chi connectivity index (χ1v) is 7.74. The van der Waals surface area contributed by atoms with E-state index in [1.807, 2.05) is 32.2 Å². The van der Waals surface area contributed by atoms with Crippen LogP contribution in [0.3, 0.4) is 0 Å². The van der Waals surface area contributed by atoms with Crippen LogP contribution < -0.4 is 11.1 Å². The van der Waals surface area contributed by atoms with Gasteiger partial charge >= 0.3 is 0 Å². The second-order valence-electron chi connectivity index (χ2n) is 5.63. The molecule has 1 aromatic rings. The van der Waals surface area contributed by atoms with Crippen LogP contribution in [-0.2, 0) is 0 Å². The van der Waals surface area contributed by atoms with E-state index >= 15 is 0 Å². The van der Waals surface area contributed by atoms with Crippen molar-refractivity contribution in [3.8, 4) is 0 Å². The van der Waals surface area contributed by atoms with Crippen LogP contribution in [0.2, 0.25) is 0 Å². The Bertz CT molecular complexity index is 601. The molecule has 0 radical (unpaired) electrons. The number of allylic oxidation sites excluding steroid dienone is 1. The number of anilines is 1. The van der Waals surface area contributed by atoms with Crippen molar-refractivity contribution in [3.63, 3.8) is 0 Å². The summed E-state index contributed by atoms with van der Waals surface area (Å²) < 4.78 is 0. The topological polar surface area (TPSA) is 53.6 Å². The number of hydrogen-bond donors (Lipinski definition) is 2. The fourth-order valence-electron chi connectivity index (χ4n) is 2.20. The van der Waals surface area contributed by atoms with Gasteiger partial charge in [0.05, 0.1) is 5.69 Å². The van der Waals surface area contributed by atoms with E-state index in [1.54, 1.807) is 12.3 Å². The molecule has 4 heteroatoms. The molecule has 0 aliphatic rings. The normalized spacial score (nSPS) is 12.4. The van der Waals surface area contributed by atoms with Crippen LogP contribution in [0, 0.1) is 0 Å². The highest BCUT2D eigenvalue weighted by Gasteiger charge is 2.11. The average Bonchev–Trinajstić information content (AvgIpc) is 2.52. The molecular formula is C19H28N4. The Kier molecular flexibility index (Phi) is 7.13. The van der Waals surface area contributed by atoms with E-state index in [-0.39, 0.29) is 0 Å². The molecule has 0 heterocycles. The van der Waals surface area contributed by atoms with E-state index in [4.69, 9.17) is 10.7 Å². The number of hydrogen-bond acceptors (Lipinski definition) is 3. The fraction of sp³-hybridized carbons (Fsp3) is 0.316. The Labute approximate surface area is 140 Å². The zero-order valence-electron chi connectivity index (χ0n) is 14.5. The molecule has 1 atom stereocenters. The first-order valence-electron chi connectivity index (χ1n) is 7.74. The van der Waals surface area contributed by atoms with Crippen molar-refractivity contribution in [1.29, 1.82) is 0 Å². The van der Waals surface area contributed by atoms with Gasteiger partial charge in [0, 0.05) is 24.5 Å². The van der Waals surface area contributed by atoms with Gasteiger partial charge in [-0.15, -0.1) is 0 Å². The lowest BCUT2D eigenvalue weighted by molar-refractivity contribution is 0.366. The lowest BCUT2D eigenvalue weighted by Crippen LogP contribution is -2.33. The van der Waals surface area contributed by atoms with Crippen LogP contribution in [0.5, 0.6) is 0 Å². The molecule has 1 aromatic carbocycles. The van der Waals surface area contributed by atoms with Crippen LogP contribution in [-0.4, -0.2) is 23.8 Å². The molecule has 1 unspecified atom stereocenters. The van der Waals surface area contributed by atoms with Crippen LogP contribution >= 0.6 is 0 Å². The lowest BCUT2D eigenvalue weighted by atomic mass is 10.1. The molecule has 0 amide bonds. The molecule has 0 aliphatic carbocycles. The fourth-order valence-corrected chi connectivity index (χ4v) is 2.20. The van der Waals surface area contributed by atoms with E-state index < -0.39 is 0 Å². The van der Waals surface area contributed by atoms with Crippen molar-refractivity contribution in [2.24, 2.45) is 4.99 Å². The maximum atomic E-state index is 5.86. The molecule has 124 valence electrons. The summed E-state index contributed by atoms with van der Waals surface area (Å²) in [6.45, 7) is 15.6. The number of nitrogens with one attached hydrogen (secondary N) is 1. The highest BCUT2D eigenvalue weighted by atomic mass is 15.2. The molecule has 0 fully saturated rings. The predicted octanol–water partition coefficient (Wildman–Crippen LogP) is 4.31. The summed E-state index contributed by atoms with van der Waals surface area (Å²) in [5.41, 5.74) is 9.35. The number of nitrogens with zero attached hydrogens (tertiary/aromatic N) is 2. The Morgan fingerprint density at radius 3 is 2.74 bits per heavy atom. The summed E-state index contributed by atoms with van der Waals surface area (Å²) in [4.78, 5) is 6.88. The second-order valence-corrected chi connectivity index (χ2v) is 5.63. The average molecular weight is 312 g/mol. The highest BCUT2D eigenvalue weighted by molar-refractivity contribution is 5.84. The minimum absolute atomic E-state index is 0.343. The van der Waals surface area contributed by atoms with Crippen LogP contribution in [0.1, 0.15) is 32.3 Å². The summed E-state index contributed by atoms with van der Waals surface area (Å²) >= 11 is 0. The van der Waals surface area contributed by atoms with E-state index in [9.17, 15) is 0 Å². The number of nitrogen functional groups attached to an aromatic ring is 1. The van der Waals surface area contributed by atoms with Gasteiger partial charge in [0.1, 0.15) is 5.84 Å². The smallest absolute Gasteiger partial charge is 0.102 e. The Hall–Kier alpha value is -2.49. The van der Waals surface area contributed by atoms with Gasteiger partial charge in [0.15, 0.2) is 0 Å². The van der Waals surface area contributed by atoms with E-state index in [2.05, 4.69) is 36.9 Å². The summed E-state index contributed by atoms with van der Waals surface area (Å²) in [6, 6.07) is 6.00. The van der Waals surface area contributed by atoms with Gasteiger partial charge in [-0.05, 0) is 50.6 Å². The Morgan fingerprint density at radius 2 is 2.13 bits per heavy atom. The Morgan fingerprint density at radius 1 is 1.43 bits per heavy atom. The number of benzene rings is 1. The predicted molar refractivity (Wildman–Crippen MR) is 103 cm³/mol. The van der Waals surface area contributed by atoms with Gasteiger partial charge in [-0.1, -0.05) is 31.9 Å². The van der Waals surface area contributed by atoms with Gasteiger partial charge < -0.3 is 16.0 Å². The third-order valence-electron chi connectivity index (χ3n) is 3.90. The van der Waals surface area contributed by atoms with Gasteiger partial charge in [0.25, 0.3) is 0 Å². The standard InChI is InChI=1S/C19H28N4/c1-7-17-11-12-18(20)13-19(17)22-16(5)23(6)15(4)10-9-14(3)21-8-2/h7-8,11-13,15,21H,1-3,9-10,20H2,4-6H3.